The SMILES string of the molecule is N=NC1CC2C(N)C2C1. The number of nitrogens with zero attached hydrogens (tertiary/aromatic N) is 1. The molecule has 0 aliphatic heterocycles. The highest BCUT2D eigenvalue weighted by atomic mass is 15.0. The Labute approximate surface area is 54.1 Å². The number of nitrogens with one attached hydrogen (secondary N) is 1. The van der Waals surface area contributed by atoms with E-state index in [4.69, 9.17) is 11.3 Å². The molecular formula is C6H11N3. The predicted molar refractivity (Wildman–Crippen MR) is 33.1 cm³/mol. The van der Waals surface area contributed by atoms with E-state index in [0.29, 0.717) is 12.1 Å². The molecule has 9 heavy (non-hydrogen) atoms. The lowest BCUT2D eigenvalue weighted by atomic mass is 10.1. The van der Waals surface area contributed by atoms with Gasteiger partial charge in [0.25, 0.3) is 0 Å². The fourth-order valence-corrected chi connectivity index (χ4v) is 1.97. The van der Waals surface area contributed by atoms with E-state index >= 15 is 0 Å². The van der Waals surface area contributed by atoms with Crippen molar-refractivity contribution in [1.82, 2.24) is 0 Å². The van der Waals surface area contributed by atoms with Gasteiger partial charge in [-0.15, -0.1) is 0 Å². The van der Waals surface area contributed by atoms with Crippen LogP contribution in [0.1, 0.15) is 12.8 Å². The molecule has 3 nitrogen and oxygen atoms in total. The van der Waals surface area contributed by atoms with Gasteiger partial charge in [0.2, 0.25) is 0 Å². The molecule has 0 aromatic heterocycles. The van der Waals surface area contributed by atoms with Crippen molar-refractivity contribution >= 4 is 0 Å². The average Bonchev–Trinajstić information content (AvgIpc) is 2.32. The highest BCUT2D eigenvalue weighted by Crippen LogP contribution is 2.51. The molecule has 0 aromatic carbocycles. The maximum atomic E-state index is 6.76. The van der Waals surface area contributed by atoms with Crippen LogP contribution in [0.4, 0.5) is 0 Å². The Bertz CT molecular complexity index is 133. The maximum absolute atomic E-state index is 6.76. The summed E-state index contributed by atoms with van der Waals surface area (Å²) in [4.78, 5) is 0. The molecule has 0 bridgehead atoms. The van der Waals surface area contributed by atoms with Gasteiger partial charge in [-0.05, 0) is 24.7 Å². The quantitative estimate of drug-likeness (QED) is 0.499. The molecule has 0 amide bonds. The normalized spacial score (nSPS) is 54.8. The Balaban J connectivity index is 1.96. The minimum atomic E-state index is 0.319. The minimum Gasteiger partial charge on any atom is -0.327 e. The van der Waals surface area contributed by atoms with E-state index < -0.39 is 0 Å². The van der Waals surface area contributed by atoms with Crippen LogP contribution in [-0.4, -0.2) is 12.1 Å². The van der Waals surface area contributed by atoms with Crippen LogP contribution in [0.25, 0.3) is 0 Å². The molecule has 2 aliphatic rings. The molecule has 3 heteroatoms. The third-order valence-electron chi connectivity index (χ3n) is 2.67. The smallest absolute Gasteiger partial charge is 0.0712 e. The Hall–Kier alpha value is -0.440. The van der Waals surface area contributed by atoms with E-state index in [1.165, 1.54) is 0 Å². The van der Waals surface area contributed by atoms with Gasteiger partial charge < -0.3 is 5.73 Å². The first-order valence-electron chi connectivity index (χ1n) is 3.45. The summed E-state index contributed by atoms with van der Waals surface area (Å²) in [6, 6.07) is 0.780. The Morgan fingerprint density at radius 3 is 2.33 bits per heavy atom. The van der Waals surface area contributed by atoms with Gasteiger partial charge in [-0.1, -0.05) is 0 Å². The summed E-state index contributed by atoms with van der Waals surface area (Å²) < 4.78 is 0. The largest absolute Gasteiger partial charge is 0.327 e. The van der Waals surface area contributed by atoms with Crippen LogP contribution in [-0.2, 0) is 0 Å². The number of hydrogen-bond donors (Lipinski definition) is 2. The Kier molecular flexibility index (Phi) is 0.913. The van der Waals surface area contributed by atoms with E-state index in [1.807, 2.05) is 0 Å². The third kappa shape index (κ3) is 0.611. The van der Waals surface area contributed by atoms with Crippen LogP contribution in [0.5, 0.6) is 0 Å². The first-order valence-corrected chi connectivity index (χ1v) is 3.45. The zero-order valence-electron chi connectivity index (χ0n) is 5.25. The van der Waals surface area contributed by atoms with Gasteiger partial charge in [-0.25, -0.2) is 5.53 Å². The highest BCUT2D eigenvalue weighted by Gasteiger charge is 2.53. The molecular weight excluding hydrogens is 114 g/mol. The number of hydrogen-bond acceptors (Lipinski definition) is 3. The van der Waals surface area contributed by atoms with E-state index in [-0.39, 0.29) is 0 Å². The van der Waals surface area contributed by atoms with Crippen LogP contribution >= 0.6 is 0 Å². The van der Waals surface area contributed by atoms with Gasteiger partial charge >= 0.3 is 0 Å². The molecule has 3 N–H and O–H groups in total. The Morgan fingerprint density at radius 2 is 1.89 bits per heavy atom. The second-order valence-electron chi connectivity index (χ2n) is 3.16. The van der Waals surface area contributed by atoms with Gasteiger partial charge in [0.15, 0.2) is 0 Å². The molecule has 2 unspecified atom stereocenters. The summed E-state index contributed by atoms with van der Waals surface area (Å²) in [5.74, 6) is 1.45. The zero-order valence-corrected chi connectivity index (χ0v) is 5.25. The Morgan fingerprint density at radius 1 is 1.33 bits per heavy atom. The van der Waals surface area contributed by atoms with Crippen molar-refractivity contribution in [2.75, 3.05) is 0 Å². The molecule has 0 aromatic rings. The number of nitrogens with two attached hydrogens (primary N) is 1. The fourth-order valence-electron chi connectivity index (χ4n) is 1.97. The minimum absolute atomic E-state index is 0.319. The lowest BCUT2D eigenvalue weighted by Gasteiger charge is -2.02. The first-order chi connectivity index (χ1) is 4.33. The molecule has 0 saturated heterocycles. The monoisotopic (exact) mass is 125 g/mol. The van der Waals surface area contributed by atoms with E-state index in [2.05, 4.69) is 5.11 Å². The van der Waals surface area contributed by atoms with Gasteiger partial charge in [0.05, 0.1) is 6.04 Å². The van der Waals surface area contributed by atoms with E-state index in [1.54, 1.807) is 0 Å². The van der Waals surface area contributed by atoms with E-state index in [9.17, 15) is 0 Å². The summed E-state index contributed by atoms with van der Waals surface area (Å²) in [5.41, 5.74) is 12.4. The van der Waals surface area contributed by atoms with Crippen LogP contribution in [0, 0.1) is 17.4 Å². The van der Waals surface area contributed by atoms with Crippen LogP contribution in [0.15, 0.2) is 5.11 Å². The molecule has 0 heterocycles. The first kappa shape index (κ1) is 5.35. The summed E-state index contributed by atoms with van der Waals surface area (Å²) in [7, 11) is 0. The van der Waals surface area contributed by atoms with Gasteiger partial charge in [0, 0.05) is 6.04 Å². The van der Waals surface area contributed by atoms with Crippen molar-refractivity contribution in [3.05, 3.63) is 0 Å². The van der Waals surface area contributed by atoms with Crippen molar-refractivity contribution < 1.29 is 0 Å². The fraction of sp³-hybridized carbons (Fsp3) is 1.00. The second kappa shape index (κ2) is 1.53. The van der Waals surface area contributed by atoms with Crippen molar-refractivity contribution in [3.8, 4) is 0 Å². The molecule has 50 valence electrons. The van der Waals surface area contributed by atoms with Crippen molar-refractivity contribution in [1.29, 1.82) is 5.53 Å². The lowest BCUT2D eigenvalue weighted by molar-refractivity contribution is 0.552. The summed E-state index contributed by atoms with van der Waals surface area (Å²) >= 11 is 0. The average molecular weight is 125 g/mol. The van der Waals surface area contributed by atoms with Crippen LogP contribution in [0.2, 0.25) is 0 Å². The molecule has 0 radical (unpaired) electrons. The van der Waals surface area contributed by atoms with Crippen LogP contribution < -0.4 is 5.73 Å². The molecule has 2 saturated carbocycles. The topological polar surface area (TPSA) is 62.2 Å². The van der Waals surface area contributed by atoms with Gasteiger partial charge in [-0.2, -0.15) is 5.11 Å². The molecule has 2 aliphatic carbocycles. The number of fused-ring (bicyclic) bond motifs is 1. The number of rotatable bonds is 1. The standard InChI is InChI=1S/C6H11N3/c7-6-4-1-3(9-8)2-5(4)6/h3-6,8H,1-2,7H2. The predicted octanol–water partition coefficient (Wildman–Crippen LogP) is 0.753. The van der Waals surface area contributed by atoms with Gasteiger partial charge in [0.1, 0.15) is 0 Å². The molecule has 0 spiro atoms. The summed E-state index contributed by atoms with van der Waals surface area (Å²) in [6.45, 7) is 0. The lowest BCUT2D eigenvalue weighted by Crippen LogP contribution is -2.12. The second-order valence-corrected chi connectivity index (χ2v) is 3.16. The highest BCUT2D eigenvalue weighted by molar-refractivity contribution is 5.08. The third-order valence-corrected chi connectivity index (χ3v) is 2.67. The van der Waals surface area contributed by atoms with Gasteiger partial charge in [-0.3, -0.25) is 0 Å². The van der Waals surface area contributed by atoms with Crippen LogP contribution in [0.3, 0.4) is 0 Å². The molecule has 2 fully saturated rings. The van der Waals surface area contributed by atoms with Crippen molar-refractivity contribution in [2.45, 2.75) is 24.9 Å². The molecule has 2 rings (SSSR count). The van der Waals surface area contributed by atoms with Crippen molar-refractivity contribution in [2.24, 2.45) is 22.7 Å². The summed E-state index contributed by atoms with van der Waals surface area (Å²) in [5, 5.41) is 3.50. The van der Waals surface area contributed by atoms with E-state index in [0.717, 1.165) is 24.7 Å². The maximum Gasteiger partial charge on any atom is 0.0712 e. The summed E-state index contributed by atoms with van der Waals surface area (Å²) in [6.07, 6.45) is 2.16. The zero-order chi connectivity index (χ0) is 6.43. The van der Waals surface area contributed by atoms with Crippen molar-refractivity contribution in [3.63, 3.8) is 0 Å². The molecule has 2 atom stereocenters.